The minimum atomic E-state index is -3.62. The van der Waals surface area contributed by atoms with Crippen molar-refractivity contribution in [2.24, 2.45) is 0 Å². The largest absolute Gasteiger partial charge is 0.387 e. The number of benzene rings is 1. The van der Waals surface area contributed by atoms with Crippen LogP contribution >= 0.6 is 0 Å². The molecule has 10 heteroatoms. The first-order valence-corrected chi connectivity index (χ1v) is 11.7. The highest BCUT2D eigenvalue weighted by Crippen LogP contribution is 2.33. The summed E-state index contributed by atoms with van der Waals surface area (Å²) in [5.74, 6) is -0.380. The standard InChI is InChI=1S/C22H22FN5O3S/c1-27(2)13-18(29)15-9-11-28-19(12-15)26-20(14-4-6-16(23)7-5-14)21(28)17-8-10-24-22(25-17)32(3,30)31/h4-12,18,29H,13H2,1-3H3. The average Bonchev–Trinajstić information content (AvgIpc) is 3.12. The quantitative estimate of drug-likeness (QED) is 0.446. The molecule has 32 heavy (non-hydrogen) atoms. The number of aliphatic hydroxyl groups is 1. The van der Waals surface area contributed by atoms with Crippen LogP contribution in [0, 0.1) is 5.82 Å². The summed E-state index contributed by atoms with van der Waals surface area (Å²) in [5.41, 5.74) is 3.26. The molecule has 8 nitrogen and oxygen atoms in total. The molecule has 1 unspecified atom stereocenters. The topological polar surface area (TPSA) is 101 Å². The number of pyridine rings is 1. The van der Waals surface area contributed by atoms with Crippen molar-refractivity contribution < 1.29 is 17.9 Å². The second kappa shape index (κ2) is 8.38. The number of halogens is 1. The zero-order valence-electron chi connectivity index (χ0n) is 17.8. The highest BCUT2D eigenvalue weighted by Gasteiger charge is 2.21. The molecule has 0 aliphatic heterocycles. The Hall–Kier alpha value is -3.21. The van der Waals surface area contributed by atoms with Crippen LogP contribution in [-0.4, -0.2) is 64.7 Å². The molecule has 166 valence electrons. The molecule has 3 heterocycles. The predicted molar refractivity (Wildman–Crippen MR) is 118 cm³/mol. The Morgan fingerprint density at radius 3 is 2.50 bits per heavy atom. The molecule has 1 N–H and O–H groups in total. The first-order valence-electron chi connectivity index (χ1n) is 9.77. The summed E-state index contributed by atoms with van der Waals surface area (Å²) in [6.45, 7) is 0.443. The smallest absolute Gasteiger partial charge is 0.247 e. The van der Waals surface area contributed by atoms with Gasteiger partial charge in [-0.2, -0.15) is 0 Å². The third-order valence-electron chi connectivity index (χ3n) is 4.90. The van der Waals surface area contributed by atoms with Gasteiger partial charge in [0.05, 0.1) is 23.2 Å². The third kappa shape index (κ3) is 4.38. The fourth-order valence-corrected chi connectivity index (χ4v) is 3.94. The van der Waals surface area contributed by atoms with Crippen LogP contribution in [0.3, 0.4) is 0 Å². The lowest BCUT2D eigenvalue weighted by molar-refractivity contribution is 0.138. The molecule has 0 saturated carbocycles. The highest BCUT2D eigenvalue weighted by atomic mass is 32.2. The number of sulfone groups is 1. The van der Waals surface area contributed by atoms with E-state index in [-0.39, 0.29) is 11.0 Å². The van der Waals surface area contributed by atoms with Gasteiger partial charge >= 0.3 is 0 Å². The van der Waals surface area contributed by atoms with Crippen LogP contribution in [-0.2, 0) is 9.84 Å². The Morgan fingerprint density at radius 2 is 1.84 bits per heavy atom. The summed E-state index contributed by atoms with van der Waals surface area (Å²) in [6, 6.07) is 11.0. The van der Waals surface area contributed by atoms with E-state index in [0.29, 0.717) is 40.4 Å². The van der Waals surface area contributed by atoms with E-state index in [1.54, 1.807) is 40.9 Å². The van der Waals surface area contributed by atoms with Gasteiger partial charge in [0.1, 0.15) is 11.5 Å². The number of imidazole rings is 1. The molecule has 0 fully saturated rings. The van der Waals surface area contributed by atoms with Gasteiger partial charge in [0.2, 0.25) is 15.0 Å². The Balaban J connectivity index is 1.95. The van der Waals surface area contributed by atoms with Crippen LogP contribution in [0.1, 0.15) is 11.7 Å². The van der Waals surface area contributed by atoms with E-state index in [9.17, 15) is 17.9 Å². The van der Waals surface area contributed by atoms with Crippen molar-refractivity contribution in [1.82, 2.24) is 24.3 Å². The van der Waals surface area contributed by atoms with E-state index in [1.807, 2.05) is 19.0 Å². The van der Waals surface area contributed by atoms with Crippen LogP contribution in [0.25, 0.3) is 28.3 Å². The van der Waals surface area contributed by atoms with Gasteiger partial charge in [-0.15, -0.1) is 0 Å². The average molecular weight is 456 g/mol. The number of hydrogen-bond donors (Lipinski definition) is 1. The van der Waals surface area contributed by atoms with Crippen molar-refractivity contribution >= 4 is 15.5 Å². The molecule has 0 saturated heterocycles. The van der Waals surface area contributed by atoms with Crippen molar-refractivity contribution in [2.75, 3.05) is 26.9 Å². The summed E-state index contributed by atoms with van der Waals surface area (Å²) in [7, 11) is 0.122. The zero-order chi connectivity index (χ0) is 23.0. The predicted octanol–water partition coefficient (Wildman–Crippen LogP) is 2.60. The monoisotopic (exact) mass is 455 g/mol. The van der Waals surface area contributed by atoms with E-state index in [0.717, 1.165) is 6.26 Å². The van der Waals surface area contributed by atoms with Crippen LogP contribution in [0.5, 0.6) is 0 Å². The number of aromatic nitrogens is 4. The summed E-state index contributed by atoms with van der Waals surface area (Å²) in [4.78, 5) is 14.7. The fourth-order valence-electron chi connectivity index (χ4n) is 3.42. The van der Waals surface area contributed by atoms with Gasteiger partial charge in [-0.1, -0.05) is 0 Å². The number of fused-ring (bicyclic) bond motifs is 1. The Morgan fingerprint density at radius 1 is 1.12 bits per heavy atom. The minimum Gasteiger partial charge on any atom is -0.387 e. The lowest BCUT2D eigenvalue weighted by Gasteiger charge is -2.16. The molecule has 0 aliphatic carbocycles. The molecule has 0 bridgehead atoms. The number of likely N-dealkylation sites (N-methyl/N-ethyl adjacent to an activating group) is 1. The van der Waals surface area contributed by atoms with E-state index in [4.69, 9.17) is 4.98 Å². The molecule has 4 rings (SSSR count). The molecule has 0 radical (unpaired) electrons. The van der Waals surface area contributed by atoms with Gasteiger partial charge in [0.15, 0.2) is 0 Å². The summed E-state index contributed by atoms with van der Waals surface area (Å²) >= 11 is 0. The molecule has 0 spiro atoms. The molecular formula is C22H22FN5O3S. The van der Waals surface area contributed by atoms with Crippen LogP contribution in [0.15, 0.2) is 60.0 Å². The van der Waals surface area contributed by atoms with Crippen molar-refractivity contribution in [3.05, 3.63) is 66.2 Å². The van der Waals surface area contributed by atoms with Crippen LogP contribution in [0.2, 0.25) is 0 Å². The summed E-state index contributed by atoms with van der Waals surface area (Å²) in [5, 5.41) is 10.2. The van der Waals surface area contributed by atoms with Crippen molar-refractivity contribution in [2.45, 2.75) is 11.3 Å². The third-order valence-corrected chi connectivity index (χ3v) is 5.76. The molecule has 0 aliphatic rings. The fraction of sp³-hybridized carbons (Fsp3) is 0.227. The van der Waals surface area contributed by atoms with Gasteiger partial charge in [0.25, 0.3) is 0 Å². The van der Waals surface area contributed by atoms with Crippen molar-refractivity contribution in [3.8, 4) is 22.6 Å². The van der Waals surface area contributed by atoms with Crippen molar-refractivity contribution in [1.29, 1.82) is 0 Å². The van der Waals surface area contributed by atoms with E-state index < -0.39 is 15.9 Å². The summed E-state index contributed by atoms with van der Waals surface area (Å²) < 4.78 is 39.3. The van der Waals surface area contributed by atoms with Gasteiger partial charge in [-0.25, -0.2) is 27.8 Å². The molecule has 1 atom stereocenters. The maximum atomic E-state index is 13.5. The number of nitrogens with zero attached hydrogens (tertiary/aromatic N) is 5. The van der Waals surface area contributed by atoms with Gasteiger partial charge in [-0.05, 0) is 62.1 Å². The Bertz CT molecular complexity index is 1380. The van der Waals surface area contributed by atoms with Crippen molar-refractivity contribution in [3.63, 3.8) is 0 Å². The first-order chi connectivity index (χ1) is 15.1. The number of aliphatic hydroxyl groups excluding tert-OH is 1. The lowest BCUT2D eigenvalue weighted by Crippen LogP contribution is -2.20. The lowest BCUT2D eigenvalue weighted by atomic mass is 10.1. The van der Waals surface area contributed by atoms with E-state index >= 15 is 0 Å². The molecule has 0 amide bonds. The van der Waals surface area contributed by atoms with Gasteiger partial charge < -0.3 is 10.0 Å². The molecular weight excluding hydrogens is 433 g/mol. The Kier molecular flexibility index (Phi) is 5.76. The SMILES string of the molecule is CN(C)CC(O)c1ccn2c(-c3ccnc(S(C)(=O)=O)n3)c(-c3ccc(F)cc3)nc2c1. The number of rotatable bonds is 6. The zero-order valence-corrected chi connectivity index (χ0v) is 18.6. The van der Waals surface area contributed by atoms with E-state index in [2.05, 4.69) is 9.97 Å². The van der Waals surface area contributed by atoms with Gasteiger partial charge in [0, 0.05) is 30.8 Å². The second-order valence-electron chi connectivity index (χ2n) is 7.78. The maximum Gasteiger partial charge on any atom is 0.247 e. The molecule has 1 aromatic carbocycles. The molecule has 4 aromatic rings. The first kappa shape index (κ1) is 22.0. The van der Waals surface area contributed by atoms with Gasteiger partial charge in [-0.3, -0.25) is 4.40 Å². The number of hydrogen-bond acceptors (Lipinski definition) is 7. The van der Waals surface area contributed by atoms with E-state index in [1.165, 1.54) is 18.3 Å². The highest BCUT2D eigenvalue weighted by molar-refractivity contribution is 7.90. The van der Waals surface area contributed by atoms with Crippen LogP contribution < -0.4 is 0 Å². The second-order valence-corrected chi connectivity index (χ2v) is 9.69. The summed E-state index contributed by atoms with van der Waals surface area (Å²) in [6.07, 6.45) is 3.46. The maximum absolute atomic E-state index is 13.5. The Labute approximate surface area is 184 Å². The van der Waals surface area contributed by atoms with Crippen LogP contribution in [0.4, 0.5) is 4.39 Å². The molecule has 3 aromatic heterocycles. The normalized spacial score (nSPS) is 13.1. The minimum absolute atomic E-state index is 0.298.